The predicted molar refractivity (Wildman–Crippen MR) is 97.4 cm³/mol. The maximum atomic E-state index is 12.9. The highest BCUT2D eigenvalue weighted by Crippen LogP contribution is 2.32. The molecular formula is C20H17F3N2O5. The zero-order chi connectivity index (χ0) is 21.5. The van der Waals surface area contributed by atoms with Gasteiger partial charge in [0, 0.05) is 12.0 Å². The molecule has 0 amide bonds. The molecule has 0 unspecified atom stereocenters. The second-order valence-electron chi connectivity index (χ2n) is 6.04. The first-order valence-corrected chi connectivity index (χ1v) is 8.80. The van der Waals surface area contributed by atoms with E-state index < -0.39 is 12.6 Å². The summed E-state index contributed by atoms with van der Waals surface area (Å²) in [6, 6.07) is 10.0. The van der Waals surface area contributed by atoms with Gasteiger partial charge in [-0.05, 0) is 42.3 Å². The molecule has 0 saturated heterocycles. The van der Waals surface area contributed by atoms with E-state index in [1.54, 1.807) is 12.1 Å². The topological polar surface area (TPSA) is 83.7 Å². The van der Waals surface area contributed by atoms with Gasteiger partial charge in [0.25, 0.3) is 5.89 Å². The Labute approximate surface area is 169 Å². The van der Waals surface area contributed by atoms with Crippen LogP contribution in [0.4, 0.5) is 13.2 Å². The molecule has 0 bridgehead atoms. The van der Waals surface area contributed by atoms with Crippen LogP contribution < -0.4 is 9.47 Å². The number of esters is 1. The molecular weight excluding hydrogens is 405 g/mol. The summed E-state index contributed by atoms with van der Waals surface area (Å²) in [5.74, 6) is -0.653. The number of hydrogen-bond acceptors (Lipinski definition) is 7. The van der Waals surface area contributed by atoms with Crippen LogP contribution in [0.2, 0.25) is 0 Å². The van der Waals surface area contributed by atoms with E-state index in [0.717, 1.165) is 5.56 Å². The van der Waals surface area contributed by atoms with Gasteiger partial charge in [0.15, 0.2) is 18.1 Å². The fraction of sp³-hybridized carbons (Fsp3) is 0.250. The monoisotopic (exact) mass is 422 g/mol. The zero-order valence-electron chi connectivity index (χ0n) is 15.8. The summed E-state index contributed by atoms with van der Waals surface area (Å²) in [4.78, 5) is 16.0. The molecule has 0 spiro atoms. The summed E-state index contributed by atoms with van der Waals surface area (Å²) < 4.78 is 57.2. The van der Waals surface area contributed by atoms with Crippen molar-refractivity contribution in [2.75, 3.05) is 7.11 Å². The first kappa shape index (κ1) is 21.2. The first-order valence-electron chi connectivity index (χ1n) is 8.80. The number of alkyl halides is 2. The van der Waals surface area contributed by atoms with Gasteiger partial charge >= 0.3 is 12.6 Å². The van der Waals surface area contributed by atoms with E-state index in [-0.39, 0.29) is 42.1 Å². The summed E-state index contributed by atoms with van der Waals surface area (Å²) >= 11 is 0. The summed E-state index contributed by atoms with van der Waals surface area (Å²) in [7, 11) is 1.31. The van der Waals surface area contributed by atoms with Crippen molar-refractivity contribution in [1.29, 1.82) is 0 Å². The van der Waals surface area contributed by atoms with Crippen molar-refractivity contribution in [3.8, 4) is 22.9 Å². The average Bonchev–Trinajstić information content (AvgIpc) is 3.21. The lowest BCUT2D eigenvalue weighted by Crippen LogP contribution is -2.06. The van der Waals surface area contributed by atoms with Gasteiger partial charge in [-0.25, -0.2) is 4.39 Å². The molecule has 0 aliphatic rings. The lowest BCUT2D eigenvalue weighted by Gasteiger charge is -2.10. The Hall–Kier alpha value is -3.56. The van der Waals surface area contributed by atoms with E-state index in [1.165, 1.54) is 37.4 Å². The summed E-state index contributed by atoms with van der Waals surface area (Å²) in [6.07, 6.45) is 0.510. The number of rotatable bonds is 9. The molecule has 158 valence electrons. The smallest absolute Gasteiger partial charge is 0.387 e. The average molecular weight is 422 g/mol. The highest BCUT2D eigenvalue weighted by Gasteiger charge is 2.15. The van der Waals surface area contributed by atoms with Crippen molar-refractivity contribution < 1.29 is 36.7 Å². The minimum absolute atomic E-state index is 0.0620. The Bertz CT molecular complexity index is 992. The van der Waals surface area contributed by atoms with Crippen molar-refractivity contribution in [2.24, 2.45) is 0 Å². The highest BCUT2D eigenvalue weighted by molar-refractivity contribution is 5.69. The number of methoxy groups -OCH3 is 1. The zero-order valence-corrected chi connectivity index (χ0v) is 15.8. The van der Waals surface area contributed by atoms with E-state index in [4.69, 9.17) is 14.0 Å². The van der Waals surface area contributed by atoms with Crippen LogP contribution in [0.3, 0.4) is 0 Å². The van der Waals surface area contributed by atoms with Crippen LogP contribution in [0.15, 0.2) is 47.0 Å². The predicted octanol–water partition coefficient (Wildman–Crippen LogP) is 4.16. The number of nitrogens with zero attached hydrogens (tertiary/aromatic N) is 2. The molecule has 3 rings (SSSR count). The van der Waals surface area contributed by atoms with Crippen LogP contribution in [0.25, 0.3) is 11.4 Å². The van der Waals surface area contributed by atoms with Gasteiger partial charge in [-0.2, -0.15) is 13.8 Å². The Morgan fingerprint density at radius 3 is 2.60 bits per heavy atom. The summed E-state index contributed by atoms with van der Waals surface area (Å²) in [5, 5.41) is 3.77. The Kier molecular flexibility index (Phi) is 6.89. The first-order chi connectivity index (χ1) is 14.4. The molecule has 10 heteroatoms. The van der Waals surface area contributed by atoms with Crippen LogP contribution in [-0.4, -0.2) is 29.8 Å². The van der Waals surface area contributed by atoms with Crippen molar-refractivity contribution >= 4 is 5.97 Å². The molecule has 30 heavy (non-hydrogen) atoms. The van der Waals surface area contributed by atoms with E-state index in [9.17, 15) is 18.0 Å². The van der Waals surface area contributed by atoms with E-state index in [2.05, 4.69) is 14.9 Å². The van der Waals surface area contributed by atoms with Crippen molar-refractivity contribution in [2.45, 2.75) is 26.1 Å². The van der Waals surface area contributed by atoms with Crippen molar-refractivity contribution in [3.63, 3.8) is 0 Å². The number of halogens is 3. The van der Waals surface area contributed by atoms with Crippen LogP contribution in [-0.2, 0) is 22.6 Å². The summed E-state index contributed by atoms with van der Waals surface area (Å²) in [6.45, 7) is -3.21. The molecule has 1 heterocycles. The highest BCUT2D eigenvalue weighted by atomic mass is 19.3. The van der Waals surface area contributed by atoms with E-state index in [1.807, 2.05) is 0 Å². The molecule has 0 atom stereocenters. The largest absolute Gasteiger partial charge is 0.493 e. The Morgan fingerprint density at radius 2 is 1.90 bits per heavy atom. The number of ether oxygens (including phenoxy) is 3. The number of carbonyl (C=O) groups excluding carboxylic acids is 1. The maximum Gasteiger partial charge on any atom is 0.387 e. The van der Waals surface area contributed by atoms with Crippen LogP contribution in [0.5, 0.6) is 11.5 Å². The molecule has 0 saturated carbocycles. The number of aryl methyl sites for hydroxylation is 1. The SMILES string of the molecule is COc1cc(-c2noc(COC(=O)CCc3ccc(F)cc3)n2)ccc1OC(F)F. The normalized spacial score (nSPS) is 10.8. The number of carbonyl (C=O) groups is 1. The molecule has 0 aliphatic heterocycles. The molecule has 0 radical (unpaired) electrons. The standard InChI is InChI=1S/C20H17F3N2O5/c1-27-16-10-13(5-8-15(16)29-20(22)23)19-24-17(30-25-19)11-28-18(26)9-4-12-2-6-14(21)7-3-12/h2-3,5-8,10,20H,4,9,11H2,1H3. The van der Waals surface area contributed by atoms with E-state index in [0.29, 0.717) is 12.0 Å². The van der Waals surface area contributed by atoms with Gasteiger partial charge in [0.2, 0.25) is 5.82 Å². The summed E-state index contributed by atoms with van der Waals surface area (Å²) in [5.41, 5.74) is 1.24. The van der Waals surface area contributed by atoms with Crippen molar-refractivity contribution in [3.05, 3.63) is 59.7 Å². The molecule has 0 aliphatic carbocycles. The van der Waals surface area contributed by atoms with Gasteiger partial charge in [-0.15, -0.1) is 0 Å². The fourth-order valence-electron chi connectivity index (χ4n) is 2.54. The van der Waals surface area contributed by atoms with Gasteiger partial charge in [-0.3, -0.25) is 4.79 Å². The lowest BCUT2D eigenvalue weighted by molar-refractivity contribution is -0.145. The third kappa shape index (κ3) is 5.72. The number of aromatic nitrogens is 2. The molecule has 1 aromatic heterocycles. The van der Waals surface area contributed by atoms with Gasteiger partial charge in [-0.1, -0.05) is 17.3 Å². The maximum absolute atomic E-state index is 12.9. The minimum Gasteiger partial charge on any atom is -0.493 e. The second-order valence-corrected chi connectivity index (χ2v) is 6.04. The molecule has 0 fully saturated rings. The van der Waals surface area contributed by atoms with Crippen LogP contribution in [0.1, 0.15) is 17.9 Å². The van der Waals surface area contributed by atoms with Gasteiger partial charge < -0.3 is 18.7 Å². The van der Waals surface area contributed by atoms with Crippen molar-refractivity contribution in [1.82, 2.24) is 10.1 Å². The minimum atomic E-state index is -2.99. The number of benzene rings is 2. The Balaban J connectivity index is 1.55. The van der Waals surface area contributed by atoms with E-state index >= 15 is 0 Å². The Morgan fingerprint density at radius 1 is 1.13 bits per heavy atom. The van der Waals surface area contributed by atoms with Gasteiger partial charge in [0.05, 0.1) is 7.11 Å². The molecule has 7 nitrogen and oxygen atoms in total. The molecule has 0 N–H and O–H groups in total. The number of hydrogen-bond donors (Lipinski definition) is 0. The van der Waals surface area contributed by atoms with Crippen LogP contribution in [0, 0.1) is 5.82 Å². The quantitative estimate of drug-likeness (QED) is 0.479. The molecule has 3 aromatic rings. The lowest BCUT2D eigenvalue weighted by atomic mass is 10.1. The fourth-order valence-corrected chi connectivity index (χ4v) is 2.54. The van der Waals surface area contributed by atoms with Gasteiger partial charge in [0.1, 0.15) is 5.82 Å². The second kappa shape index (κ2) is 9.77. The molecule has 2 aromatic carbocycles. The third-order valence-electron chi connectivity index (χ3n) is 3.99. The third-order valence-corrected chi connectivity index (χ3v) is 3.99. The van der Waals surface area contributed by atoms with Crippen LogP contribution >= 0.6 is 0 Å².